The van der Waals surface area contributed by atoms with Crippen LogP contribution in [0.2, 0.25) is 0 Å². The Morgan fingerprint density at radius 1 is 1.33 bits per heavy atom. The zero-order valence-corrected chi connectivity index (χ0v) is 11.1. The third-order valence-electron chi connectivity index (χ3n) is 3.12. The predicted molar refractivity (Wildman–Crippen MR) is 66.9 cm³/mol. The van der Waals surface area contributed by atoms with Crippen LogP contribution in [-0.4, -0.2) is 4.83 Å². The molecule has 0 fully saturated rings. The molecule has 1 unspecified atom stereocenters. The maximum atomic E-state index is 13.4. The monoisotopic (exact) mass is 272 g/mol. The minimum Gasteiger partial charge on any atom is -0.207 e. The van der Waals surface area contributed by atoms with Crippen LogP contribution in [0.3, 0.4) is 0 Å². The summed E-state index contributed by atoms with van der Waals surface area (Å²) in [4.78, 5) is 0.312. The molecule has 0 saturated heterocycles. The van der Waals surface area contributed by atoms with Gasteiger partial charge in [-0.15, -0.1) is 0 Å². The molecular weight excluding hydrogens is 255 g/mol. The number of benzene rings is 1. The summed E-state index contributed by atoms with van der Waals surface area (Å²) in [5, 5.41) is 0. The maximum absolute atomic E-state index is 13.4. The average molecular weight is 273 g/mol. The zero-order valence-electron chi connectivity index (χ0n) is 9.56. The van der Waals surface area contributed by atoms with Gasteiger partial charge in [-0.1, -0.05) is 54.9 Å². The van der Waals surface area contributed by atoms with Crippen molar-refractivity contribution in [1.82, 2.24) is 0 Å². The Morgan fingerprint density at radius 3 is 2.47 bits per heavy atom. The third-order valence-corrected chi connectivity index (χ3v) is 4.68. The van der Waals surface area contributed by atoms with Crippen molar-refractivity contribution in [2.24, 2.45) is 5.41 Å². The molecule has 0 aliphatic heterocycles. The lowest BCUT2D eigenvalue weighted by atomic mass is 9.83. The van der Waals surface area contributed by atoms with Crippen LogP contribution in [-0.2, 0) is 6.42 Å². The Balaban J connectivity index is 2.75. The highest BCUT2D eigenvalue weighted by Gasteiger charge is 2.25. The number of halogens is 2. The summed E-state index contributed by atoms with van der Waals surface area (Å²) in [6.07, 6.45) is 1.82. The van der Waals surface area contributed by atoms with Crippen molar-refractivity contribution in [3.8, 4) is 0 Å². The predicted octanol–water partition coefficient (Wildman–Crippen LogP) is 4.57. The molecule has 0 radical (unpaired) electrons. The van der Waals surface area contributed by atoms with Gasteiger partial charge in [-0.05, 0) is 29.9 Å². The van der Waals surface area contributed by atoms with Gasteiger partial charge >= 0.3 is 0 Å². The first kappa shape index (κ1) is 12.7. The molecule has 2 heteroatoms. The van der Waals surface area contributed by atoms with Crippen molar-refractivity contribution in [2.45, 2.75) is 38.4 Å². The minimum absolute atomic E-state index is 0.103. The summed E-state index contributed by atoms with van der Waals surface area (Å²) in [6.45, 7) is 6.57. The second-order valence-corrected chi connectivity index (χ2v) is 5.71. The normalized spacial score (nSPS) is 13.9. The molecule has 0 nitrogen and oxygen atoms in total. The quantitative estimate of drug-likeness (QED) is 0.705. The fourth-order valence-corrected chi connectivity index (χ4v) is 2.03. The van der Waals surface area contributed by atoms with Crippen LogP contribution < -0.4 is 0 Å². The summed E-state index contributed by atoms with van der Waals surface area (Å²) < 4.78 is 13.4. The standard InChI is InChI=1S/C13H18BrF/c1-4-13(2,3)12(14)9-10-7-5-6-8-11(10)15/h5-8,12H,4,9H2,1-3H3. The molecule has 0 aliphatic carbocycles. The fourth-order valence-electron chi connectivity index (χ4n) is 1.35. The van der Waals surface area contributed by atoms with Gasteiger partial charge in [0.25, 0.3) is 0 Å². The molecule has 0 saturated carbocycles. The highest BCUT2D eigenvalue weighted by atomic mass is 79.9. The van der Waals surface area contributed by atoms with Gasteiger partial charge in [0, 0.05) is 4.83 Å². The smallest absolute Gasteiger partial charge is 0.126 e. The summed E-state index contributed by atoms with van der Waals surface area (Å²) in [5.41, 5.74) is 0.989. The average Bonchev–Trinajstić information content (AvgIpc) is 2.21. The molecule has 0 amide bonds. The maximum Gasteiger partial charge on any atom is 0.126 e. The van der Waals surface area contributed by atoms with Crippen LogP contribution in [0, 0.1) is 11.2 Å². The number of hydrogen-bond acceptors (Lipinski definition) is 0. The molecule has 15 heavy (non-hydrogen) atoms. The minimum atomic E-state index is -0.103. The lowest BCUT2D eigenvalue weighted by molar-refractivity contribution is 0.338. The molecule has 0 spiro atoms. The number of hydrogen-bond donors (Lipinski definition) is 0. The van der Waals surface area contributed by atoms with E-state index in [9.17, 15) is 4.39 Å². The largest absolute Gasteiger partial charge is 0.207 e. The van der Waals surface area contributed by atoms with E-state index in [2.05, 4.69) is 36.7 Å². The van der Waals surface area contributed by atoms with Gasteiger partial charge in [0.05, 0.1) is 0 Å². The van der Waals surface area contributed by atoms with E-state index in [1.807, 2.05) is 12.1 Å². The van der Waals surface area contributed by atoms with Crippen LogP contribution in [0.15, 0.2) is 24.3 Å². The molecule has 0 aromatic heterocycles. The van der Waals surface area contributed by atoms with Crippen molar-refractivity contribution in [3.63, 3.8) is 0 Å². The van der Waals surface area contributed by atoms with Crippen molar-refractivity contribution < 1.29 is 4.39 Å². The van der Waals surface area contributed by atoms with Gasteiger partial charge in [-0.3, -0.25) is 0 Å². The number of alkyl halides is 1. The molecule has 0 heterocycles. The summed E-state index contributed by atoms with van der Waals surface area (Å²) in [5.74, 6) is -0.103. The first-order valence-electron chi connectivity index (χ1n) is 5.35. The lowest BCUT2D eigenvalue weighted by Crippen LogP contribution is -2.25. The number of rotatable bonds is 4. The SMILES string of the molecule is CCC(C)(C)C(Br)Cc1ccccc1F. The molecule has 1 rings (SSSR count). The van der Waals surface area contributed by atoms with Crippen molar-refractivity contribution >= 4 is 15.9 Å². The molecule has 0 aliphatic rings. The Kier molecular flexibility index (Phi) is 4.32. The van der Waals surface area contributed by atoms with E-state index >= 15 is 0 Å². The fraction of sp³-hybridized carbons (Fsp3) is 0.538. The van der Waals surface area contributed by atoms with E-state index in [1.165, 1.54) is 6.07 Å². The second kappa shape index (κ2) is 5.11. The Morgan fingerprint density at radius 2 is 1.93 bits per heavy atom. The summed E-state index contributed by atoms with van der Waals surface area (Å²) in [7, 11) is 0. The van der Waals surface area contributed by atoms with Gasteiger partial charge in [0.1, 0.15) is 5.82 Å². The topological polar surface area (TPSA) is 0 Å². The van der Waals surface area contributed by atoms with Crippen LogP contribution in [0.5, 0.6) is 0 Å². The lowest BCUT2D eigenvalue weighted by Gasteiger charge is -2.29. The highest BCUT2D eigenvalue weighted by Crippen LogP contribution is 2.33. The highest BCUT2D eigenvalue weighted by molar-refractivity contribution is 9.09. The Hall–Kier alpha value is -0.370. The van der Waals surface area contributed by atoms with E-state index < -0.39 is 0 Å². The first-order valence-corrected chi connectivity index (χ1v) is 6.26. The van der Waals surface area contributed by atoms with E-state index in [1.54, 1.807) is 6.07 Å². The first-order chi connectivity index (χ1) is 6.97. The molecular formula is C13H18BrF. The van der Waals surface area contributed by atoms with E-state index in [0.717, 1.165) is 18.4 Å². The van der Waals surface area contributed by atoms with Gasteiger partial charge in [-0.2, -0.15) is 0 Å². The molecule has 1 aromatic carbocycles. The van der Waals surface area contributed by atoms with E-state index in [4.69, 9.17) is 0 Å². The molecule has 1 aromatic rings. The molecule has 0 N–H and O–H groups in total. The van der Waals surface area contributed by atoms with E-state index in [0.29, 0.717) is 4.83 Å². The van der Waals surface area contributed by atoms with Gasteiger partial charge in [0.15, 0.2) is 0 Å². The van der Waals surface area contributed by atoms with Gasteiger partial charge in [0.2, 0.25) is 0 Å². The summed E-state index contributed by atoms with van der Waals surface area (Å²) >= 11 is 3.66. The second-order valence-electron chi connectivity index (χ2n) is 4.61. The molecule has 1 atom stereocenters. The Bertz CT molecular complexity index is 320. The van der Waals surface area contributed by atoms with Gasteiger partial charge in [-0.25, -0.2) is 4.39 Å². The van der Waals surface area contributed by atoms with Gasteiger partial charge < -0.3 is 0 Å². The summed E-state index contributed by atoms with van der Waals surface area (Å²) in [6, 6.07) is 6.99. The van der Waals surface area contributed by atoms with Crippen LogP contribution in [0.4, 0.5) is 4.39 Å². The zero-order chi connectivity index (χ0) is 11.5. The van der Waals surface area contributed by atoms with Crippen LogP contribution >= 0.6 is 15.9 Å². The van der Waals surface area contributed by atoms with Crippen molar-refractivity contribution in [1.29, 1.82) is 0 Å². The molecule has 0 bridgehead atoms. The van der Waals surface area contributed by atoms with Crippen molar-refractivity contribution in [3.05, 3.63) is 35.6 Å². The van der Waals surface area contributed by atoms with E-state index in [-0.39, 0.29) is 11.2 Å². The Labute approximate surface area is 100 Å². The van der Waals surface area contributed by atoms with Crippen molar-refractivity contribution in [2.75, 3.05) is 0 Å². The van der Waals surface area contributed by atoms with Crippen LogP contribution in [0.1, 0.15) is 32.8 Å². The third kappa shape index (κ3) is 3.30. The van der Waals surface area contributed by atoms with Crippen LogP contribution in [0.25, 0.3) is 0 Å². The molecule has 84 valence electrons.